The summed E-state index contributed by atoms with van der Waals surface area (Å²) < 4.78 is 0. The van der Waals surface area contributed by atoms with Crippen molar-refractivity contribution < 1.29 is 15.3 Å². The monoisotopic (exact) mass is 742 g/mol. The van der Waals surface area contributed by atoms with Crippen LogP contribution in [0, 0.1) is 0 Å². The second kappa shape index (κ2) is 21.9. The van der Waals surface area contributed by atoms with E-state index < -0.39 is 0 Å². The number of nitrogens with two attached hydrogens (primary N) is 1. The number of β-amino-alcohol motifs (C(OH)–C–C–N with tert-alkyl or cyclic N) is 3. The first kappa shape index (κ1) is 41.4. The third-order valence-electron chi connectivity index (χ3n) is 10.9. The maximum Gasteiger partial charge on any atom is 0.233 e. The molecule has 1 unspecified atom stereocenters. The van der Waals surface area contributed by atoms with Crippen molar-refractivity contribution in [3.05, 3.63) is 29.8 Å². The molecule has 6 N–H and O–H groups in total. The Morgan fingerprint density at radius 3 is 1.72 bits per heavy atom. The van der Waals surface area contributed by atoms with E-state index in [9.17, 15) is 15.3 Å². The summed E-state index contributed by atoms with van der Waals surface area (Å²) in [7, 11) is 4.32. The van der Waals surface area contributed by atoms with Crippen molar-refractivity contribution in [3.63, 3.8) is 0 Å². The standard InChI is InChI=1S/C37H67N13O3/c1-43-11-19-49(20-12-43)36-40-35(41-37(42-36)50-22-17-45(18-23-50)9-3-8-38)39-33-6-4-32(5-7-33)30-34-31-44(2)10-13-46(24-27-51)14-15-47(25-28-52)16-21-48(34)26-29-53/h4-7,34,51-53H,3,8-31,38H2,1-2H3,(H,39,40,41,42). The molecule has 3 aliphatic heterocycles. The zero-order valence-electron chi connectivity index (χ0n) is 32.4. The highest BCUT2D eigenvalue weighted by atomic mass is 16.3. The van der Waals surface area contributed by atoms with Crippen LogP contribution >= 0.6 is 0 Å². The second-order valence-corrected chi connectivity index (χ2v) is 14.9. The van der Waals surface area contributed by atoms with Gasteiger partial charge in [0.1, 0.15) is 0 Å². The molecule has 5 rings (SSSR count). The number of anilines is 4. The average molecular weight is 742 g/mol. The number of hydrogen-bond acceptors (Lipinski definition) is 16. The molecule has 1 aromatic heterocycles. The third-order valence-corrected chi connectivity index (χ3v) is 10.9. The van der Waals surface area contributed by atoms with Gasteiger partial charge in [-0.2, -0.15) is 15.0 Å². The minimum atomic E-state index is 0.0986. The van der Waals surface area contributed by atoms with E-state index in [4.69, 9.17) is 20.7 Å². The number of benzene rings is 1. The lowest BCUT2D eigenvalue weighted by atomic mass is 10.0. The van der Waals surface area contributed by atoms with Crippen LogP contribution < -0.4 is 20.9 Å². The van der Waals surface area contributed by atoms with Gasteiger partial charge in [-0.15, -0.1) is 0 Å². The average Bonchev–Trinajstić information content (AvgIpc) is 3.17. The summed E-state index contributed by atoms with van der Waals surface area (Å²) in [6.45, 7) is 17.3. The fourth-order valence-corrected chi connectivity index (χ4v) is 7.49. The maximum atomic E-state index is 10.1. The van der Waals surface area contributed by atoms with Crippen molar-refractivity contribution in [2.24, 2.45) is 5.73 Å². The molecular formula is C37H67N13O3. The highest BCUT2D eigenvalue weighted by Crippen LogP contribution is 2.23. The molecular weight excluding hydrogens is 674 g/mol. The molecule has 0 saturated carbocycles. The predicted molar refractivity (Wildman–Crippen MR) is 212 cm³/mol. The van der Waals surface area contributed by atoms with Gasteiger partial charge in [0.25, 0.3) is 0 Å². The van der Waals surface area contributed by atoms with Crippen molar-refractivity contribution in [3.8, 4) is 0 Å². The predicted octanol–water partition coefficient (Wildman–Crippen LogP) is -1.42. The number of piperazine rings is 2. The first-order chi connectivity index (χ1) is 25.9. The van der Waals surface area contributed by atoms with Gasteiger partial charge in [0.2, 0.25) is 17.8 Å². The van der Waals surface area contributed by atoms with Gasteiger partial charge in [0, 0.05) is 130 Å². The van der Waals surface area contributed by atoms with E-state index in [1.165, 1.54) is 5.56 Å². The Labute approximate surface area is 317 Å². The Morgan fingerprint density at radius 2 is 1.13 bits per heavy atom. The summed E-state index contributed by atoms with van der Waals surface area (Å²) in [5.74, 6) is 2.00. The second-order valence-electron chi connectivity index (χ2n) is 14.9. The lowest BCUT2D eigenvalue weighted by Crippen LogP contribution is -2.51. The molecule has 1 aromatic carbocycles. The minimum Gasteiger partial charge on any atom is -0.395 e. The van der Waals surface area contributed by atoms with Gasteiger partial charge in [-0.3, -0.25) is 19.6 Å². The maximum absolute atomic E-state index is 10.1. The van der Waals surface area contributed by atoms with Crippen LogP contribution in [0.2, 0.25) is 0 Å². The minimum absolute atomic E-state index is 0.0986. The molecule has 0 amide bonds. The molecule has 16 heteroatoms. The molecule has 0 aliphatic carbocycles. The summed E-state index contributed by atoms with van der Waals surface area (Å²) in [5, 5.41) is 33.0. The van der Waals surface area contributed by atoms with Crippen LogP contribution in [0.4, 0.5) is 23.5 Å². The normalized spacial score (nSPS) is 21.8. The largest absolute Gasteiger partial charge is 0.395 e. The van der Waals surface area contributed by atoms with Gasteiger partial charge >= 0.3 is 0 Å². The van der Waals surface area contributed by atoms with Crippen molar-refractivity contribution >= 4 is 23.5 Å². The van der Waals surface area contributed by atoms with Crippen molar-refractivity contribution in [1.29, 1.82) is 0 Å². The van der Waals surface area contributed by atoms with E-state index in [0.29, 0.717) is 25.6 Å². The quantitative estimate of drug-likeness (QED) is 0.144. The molecule has 4 heterocycles. The first-order valence-electron chi connectivity index (χ1n) is 19.8. The van der Waals surface area contributed by atoms with Gasteiger partial charge in [-0.25, -0.2) is 0 Å². The van der Waals surface area contributed by atoms with Crippen LogP contribution in [0.25, 0.3) is 0 Å². The smallest absolute Gasteiger partial charge is 0.233 e. The van der Waals surface area contributed by atoms with Crippen LogP contribution in [0.5, 0.6) is 0 Å². The molecule has 53 heavy (non-hydrogen) atoms. The number of aliphatic hydroxyl groups is 3. The van der Waals surface area contributed by atoms with Crippen LogP contribution in [0.1, 0.15) is 12.0 Å². The van der Waals surface area contributed by atoms with E-state index in [-0.39, 0.29) is 25.9 Å². The van der Waals surface area contributed by atoms with Crippen molar-refractivity contribution in [1.82, 2.24) is 44.4 Å². The Kier molecular flexibility index (Phi) is 17.1. The van der Waals surface area contributed by atoms with Gasteiger partial charge in [-0.05, 0) is 57.7 Å². The summed E-state index contributed by atoms with van der Waals surface area (Å²) in [6.07, 6.45) is 1.85. The Hall–Kier alpha value is -2.77. The molecule has 2 aromatic rings. The number of rotatable bonds is 15. The number of hydrogen-bond donors (Lipinski definition) is 5. The number of likely N-dealkylation sites (N-methyl/N-ethyl adjacent to an activating group) is 2. The van der Waals surface area contributed by atoms with E-state index in [2.05, 4.69) is 82.9 Å². The van der Waals surface area contributed by atoms with E-state index in [1.807, 2.05) is 0 Å². The first-order valence-corrected chi connectivity index (χ1v) is 19.8. The Balaban J connectivity index is 1.30. The molecule has 16 nitrogen and oxygen atoms in total. The molecule has 1 atom stereocenters. The summed E-state index contributed by atoms with van der Waals surface area (Å²) in [6, 6.07) is 8.77. The topological polar surface area (TPSA) is 163 Å². The number of nitrogens with one attached hydrogen (secondary N) is 1. The Bertz CT molecular complexity index is 1310. The highest BCUT2D eigenvalue weighted by Gasteiger charge is 2.25. The molecule has 3 aliphatic rings. The van der Waals surface area contributed by atoms with Crippen molar-refractivity contribution in [2.45, 2.75) is 18.9 Å². The zero-order chi connectivity index (χ0) is 37.4. The molecule has 0 spiro atoms. The van der Waals surface area contributed by atoms with Gasteiger partial charge in [-0.1, -0.05) is 12.1 Å². The summed E-state index contributed by atoms with van der Waals surface area (Å²) >= 11 is 0. The fraction of sp³-hybridized carbons (Fsp3) is 0.757. The number of aliphatic hydroxyl groups excluding tert-OH is 3. The number of nitrogens with zero attached hydrogens (tertiary/aromatic N) is 11. The van der Waals surface area contributed by atoms with Crippen LogP contribution in [0.15, 0.2) is 24.3 Å². The van der Waals surface area contributed by atoms with Crippen LogP contribution in [-0.4, -0.2) is 231 Å². The van der Waals surface area contributed by atoms with Gasteiger partial charge < -0.3 is 46.0 Å². The summed E-state index contributed by atoms with van der Waals surface area (Å²) in [4.78, 5) is 33.6. The molecule has 3 saturated heterocycles. The lowest BCUT2D eigenvalue weighted by molar-refractivity contribution is 0.0822. The fourth-order valence-electron chi connectivity index (χ4n) is 7.49. The number of aromatic nitrogens is 3. The molecule has 3 fully saturated rings. The molecule has 0 radical (unpaired) electrons. The third kappa shape index (κ3) is 13.2. The lowest BCUT2D eigenvalue weighted by Gasteiger charge is -2.37. The van der Waals surface area contributed by atoms with Crippen LogP contribution in [0.3, 0.4) is 0 Å². The zero-order valence-corrected chi connectivity index (χ0v) is 32.4. The van der Waals surface area contributed by atoms with Gasteiger partial charge in [0.15, 0.2) is 0 Å². The van der Waals surface area contributed by atoms with E-state index in [0.717, 1.165) is 142 Å². The molecule has 298 valence electrons. The SMILES string of the molecule is CN1CCN(c2nc(Nc3ccc(CC4CN(C)CCN(CCO)CCN(CCO)CCN4CCO)cc3)nc(N3CCN(CCCN)CC3)n2)CC1. The van der Waals surface area contributed by atoms with E-state index in [1.54, 1.807) is 0 Å². The summed E-state index contributed by atoms with van der Waals surface area (Å²) in [5.41, 5.74) is 7.91. The Morgan fingerprint density at radius 1 is 0.623 bits per heavy atom. The van der Waals surface area contributed by atoms with Gasteiger partial charge in [0.05, 0.1) is 19.8 Å². The van der Waals surface area contributed by atoms with E-state index >= 15 is 0 Å². The molecule has 0 bridgehead atoms. The highest BCUT2D eigenvalue weighted by molar-refractivity contribution is 5.57. The van der Waals surface area contributed by atoms with Crippen molar-refractivity contribution in [2.75, 3.05) is 180 Å². The van der Waals surface area contributed by atoms with Crippen LogP contribution in [-0.2, 0) is 6.42 Å².